The van der Waals surface area contributed by atoms with Gasteiger partial charge in [-0.15, -0.1) is 0 Å². The van der Waals surface area contributed by atoms with E-state index in [4.69, 9.17) is 9.84 Å². The standard InChI is InChI=1S/C12H13N3O3/c1-18-9-5-3-2-4-8(9)12-13-10(14-15-12)6-7-11(16)17/h2-5H,6-7H2,1H3,(H,16,17)(H,13,14,15). The molecule has 94 valence electrons. The van der Waals surface area contributed by atoms with E-state index in [1.165, 1.54) is 0 Å². The van der Waals surface area contributed by atoms with Gasteiger partial charge in [0.05, 0.1) is 19.1 Å². The summed E-state index contributed by atoms with van der Waals surface area (Å²) in [5, 5.41) is 15.4. The summed E-state index contributed by atoms with van der Waals surface area (Å²) in [5.41, 5.74) is 0.776. The molecule has 0 bridgehead atoms. The highest BCUT2D eigenvalue weighted by Gasteiger charge is 2.11. The Labute approximate surface area is 104 Å². The van der Waals surface area contributed by atoms with E-state index in [1.807, 2.05) is 24.3 Å². The number of H-pyrrole nitrogens is 1. The lowest BCUT2D eigenvalue weighted by Gasteiger charge is -2.03. The number of aryl methyl sites for hydroxylation is 1. The van der Waals surface area contributed by atoms with Gasteiger partial charge >= 0.3 is 5.97 Å². The van der Waals surface area contributed by atoms with Crippen molar-refractivity contribution in [3.8, 4) is 17.1 Å². The highest BCUT2D eigenvalue weighted by atomic mass is 16.5. The van der Waals surface area contributed by atoms with Crippen molar-refractivity contribution in [1.29, 1.82) is 0 Å². The molecule has 0 amide bonds. The molecule has 0 atom stereocenters. The van der Waals surface area contributed by atoms with Gasteiger partial charge in [-0.3, -0.25) is 9.89 Å². The molecule has 2 N–H and O–H groups in total. The maximum atomic E-state index is 10.5. The zero-order chi connectivity index (χ0) is 13.0. The van der Waals surface area contributed by atoms with E-state index in [9.17, 15) is 4.79 Å². The van der Waals surface area contributed by atoms with E-state index in [2.05, 4.69) is 15.2 Å². The van der Waals surface area contributed by atoms with Gasteiger partial charge in [0.15, 0.2) is 5.82 Å². The monoisotopic (exact) mass is 247 g/mol. The molecule has 6 nitrogen and oxygen atoms in total. The number of carbonyl (C=O) groups is 1. The summed E-state index contributed by atoms with van der Waals surface area (Å²) in [7, 11) is 1.58. The second-order valence-electron chi connectivity index (χ2n) is 3.70. The van der Waals surface area contributed by atoms with Crippen LogP contribution >= 0.6 is 0 Å². The molecule has 2 aromatic rings. The molecule has 2 rings (SSSR count). The third kappa shape index (κ3) is 2.65. The Morgan fingerprint density at radius 1 is 1.44 bits per heavy atom. The summed E-state index contributed by atoms with van der Waals surface area (Å²) in [6.07, 6.45) is 0.359. The van der Waals surface area contributed by atoms with Crippen molar-refractivity contribution in [2.24, 2.45) is 0 Å². The van der Waals surface area contributed by atoms with Crippen LogP contribution in [0.25, 0.3) is 11.4 Å². The Morgan fingerprint density at radius 3 is 2.94 bits per heavy atom. The number of aromatic amines is 1. The van der Waals surface area contributed by atoms with Crippen molar-refractivity contribution in [2.75, 3.05) is 7.11 Å². The third-order valence-electron chi connectivity index (χ3n) is 2.46. The lowest BCUT2D eigenvalue weighted by atomic mass is 10.2. The molecule has 0 saturated carbocycles. The van der Waals surface area contributed by atoms with Crippen molar-refractivity contribution in [1.82, 2.24) is 15.2 Å². The lowest BCUT2D eigenvalue weighted by molar-refractivity contribution is -0.137. The number of carboxylic acid groups (broad SMARTS) is 1. The quantitative estimate of drug-likeness (QED) is 0.835. The molecule has 6 heteroatoms. The number of hydrogen-bond acceptors (Lipinski definition) is 4. The highest BCUT2D eigenvalue weighted by Crippen LogP contribution is 2.26. The third-order valence-corrected chi connectivity index (χ3v) is 2.46. The maximum Gasteiger partial charge on any atom is 0.303 e. The molecule has 0 saturated heterocycles. The number of benzene rings is 1. The van der Waals surface area contributed by atoms with Gasteiger partial charge in [0.1, 0.15) is 11.6 Å². The topological polar surface area (TPSA) is 88.1 Å². The number of aromatic nitrogens is 3. The van der Waals surface area contributed by atoms with E-state index in [1.54, 1.807) is 7.11 Å². The van der Waals surface area contributed by atoms with E-state index in [0.29, 0.717) is 23.8 Å². The Kier molecular flexibility index (Phi) is 3.57. The van der Waals surface area contributed by atoms with Gasteiger partial charge in [-0.2, -0.15) is 5.10 Å². The minimum Gasteiger partial charge on any atom is -0.496 e. The predicted octanol–water partition coefficient (Wildman–Crippen LogP) is 1.50. The summed E-state index contributed by atoms with van der Waals surface area (Å²) in [6, 6.07) is 7.40. The number of carboxylic acids is 1. The van der Waals surface area contributed by atoms with Crippen LogP contribution in [0.1, 0.15) is 12.2 Å². The van der Waals surface area contributed by atoms with Gasteiger partial charge in [0, 0.05) is 6.42 Å². The summed E-state index contributed by atoms with van der Waals surface area (Å²) < 4.78 is 5.22. The molecule has 18 heavy (non-hydrogen) atoms. The van der Waals surface area contributed by atoms with E-state index >= 15 is 0 Å². The van der Waals surface area contributed by atoms with Crippen molar-refractivity contribution >= 4 is 5.97 Å². The van der Waals surface area contributed by atoms with E-state index in [0.717, 1.165) is 5.56 Å². The van der Waals surface area contributed by atoms with Gasteiger partial charge in [0.2, 0.25) is 0 Å². The van der Waals surface area contributed by atoms with Gasteiger partial charge < -0.3 is 9.84 Å². The number of rotatable bonds is 5. The number of hydrogen-bond donors (Lipinski definition) is 2. The molecule has 0 unspecified atom stereocenters. The molecule has 0 aliphatic carbocycles. The summed E-state index contributed by atoms with van der Waals surface area (Å²) in [4.78, 5) is 14.7. The van der Waals surface area contributed by atoms with Crippen LogP contribution in [0.5, 0.6) is 5.75 Å². The van der Waals surface area contributed by atoms with Crippen LogP contribution in [0.2, 0.25) is 0 Å². The van der Waals surface area contributed by atoms with Crippen molar-refractivity contribution in [2.45, 2.75) is 12.8 Å². The molecule has 1 aromatic carbocycles. The lowest BCUT2D eigenvalue weighted by Crippen LogP contribution is -1.98. The molecule has 0 radical (unpaired) electrons. The Bertz CT molecular complexity index is 551. The van der Waals surface area contributed by atoms with Gasteiger partial charge in [-0.1, -0.05) is 12.1 Å². The van der Waals surface area contributed by atoms with Gasteiger partial charge in [-0.25, -0.2) is 4.98 Å². The van der Waals surface area contributed by atoms with Crippen molar-refractivity contribution in [3.63, 3.8) is 0 Å². The number of methoxy groups -OCH3 is 1. The smallest absolute Gasteiger partial charge is 0.303 e. The fourth-order valence-corrected chi connectivity index (χ4v) is 1.58. The number of ether oxygens (including phenoxy) is 1. The van der Waals surface area contributed by atoms with E-state index in [-0.39, 0.29) is 6.42 Å². The average molecular weight is 247 g/mol. The first kappa shape index (κ1) is 12.1. The first-order chi connectivity index (χ1) is 8.70. The van der Waals surface area contributed by atoms with Crippen LogP contribution < -0.4 is 4.74 Å². The molecule has 0 fully saturated rings. The van der Waals surface area contributed by atoms with Crippen molar-refractivity contribution in [3.05, 3.63) is 30.1 Å². The highest BCUT2D eigenvalue weighted by molar-refractivity contribution is 5.67. The average Bonchev–Trinajstić information content (AvgIpc) is 2.85. The number of para-hydroxylation sites is 1. The summed E-state index contributed by atoms with van der Waals surface area (Å²) >= 11 is 0. The molecular formula is C12H13N3O3. The Balaban J connectivity index is 2.21. The van der Waals surface area contributed by atoms with Crippen LogP contribution in [-0.2, 0) is 11.2 Å². The van der Waals surface area contributed by atoms with Crippen LogP contribution in [0.4, 0.5) is 0 Å². The zero-order valence-electron chi connectivity index (χ0n) is 9.88. The number of aliphatic carboxylic acids is 1. The zero-order valence-corrected chi connectivity index (χ0v) is 9.88. The molecule has 0 aliphatic rings. The normalized spacial score (nSPS) is 10.3. The first-order valence-corrected chi connectivity index (χ1v) is 5.47. The van der Waals surface area contributed by atoms with Crippen LogP contribution in [0.3, 0.4) is 0 Å². The Hall–Kier alpha value is -2.37. The minimum absolute atomic E-state index is 0.0283. The second kappa shape index (κ2) is 5.31. The number of nitrogens with zero attached hydrogens (tertiary/aromatic N) is 2. The van der Waals surface area contributed by atoms with Crippen LogP contribution in [-0.4, -0.2) is 33.4 Å². The summed E-state index contributed by atoms with van der Waals surface area (Å²) in [6.45, 7) is 0. The second-order valence-corrected chi connectivity index (χ2v) is 3.70. The molecular weight excluding hydrogens is 234 g/mol. The number of nitrogens with one attached hydrogen (secondary N) is 1. The van der Waals surface area contributed by atoms with Gasteiger partial charge in [-0.05, 0) is 12.1 Å². The molecule has 1 heterocycles. The van der Waals surface area contributed by atoms with Crippen LogP contribution in [0, 0.1) is 0 Å². The SMILES string of the molecule is COc1ccccc1-c1n[nH]c(CCC(=O)O)n1. The minimum atomic E-state index is -0.856. The summed E-state index contributed by atoms with van der Waals surface area (Å²) in [5.74, 6) is 0.887. The first-order valence-electron chi connectivity index (χ1n) is 5.47. The van der Waals surface area contributed by atoms with Crippen molar-refractivity contribution < 1.29 is 14.6 Å². The molecule has 0 spiro atoms. The predicted molar refractivity (Wildman–Crippen MR) is 64.3 cm³/mol. The van der Waals surface area contributed by atoms with Gasteiger partial charge in [0.25, 0.3) is 0 Å². The van der Waals surface area contributed by atoms with E-state index < -0.39 is 5.97 Å². The maximum absolute atomic E-state index is 10.5. The van der Waals surface area contributed by atoms with Crippen LogP contribution in [0.15, 0.2) is 24.3 Å². The fraction of sp³-hybridized carbons (Fsp3) is 0.250. The largest absolute Gasteiger partial charge is 0.496 e. The molecule has 1 aromatic heterocycles. The Morgan fingerprint density at radius 2 is 2.22 bits per heavy atom. The fourth-order valence-electron chi connectivity index (χ4n) is 1.58. The molecule has 0 aliphatic heterocycles.